The lowest BCUT2D eigenvalue weighted by Crippen LogP contribution is -2.34. The summed E-state index contributed by atoms with van der Waals surface area (Å²) in [4.78, 5) is 30.5. The molecule has 5 rings (SSSR count). The number of nitrogens with one attached hydrogen (secondary N) is 2. The number of nitro benzene ring substituents is 1. The van der Waals surface area contributed by atoms with Gasteiger partial charge in [0.2, 0.25) is 5.89 Å². The normalized spacial score (nSPS) is 13.4. The van der Waals surface area contributed by atoms with Crippen LogP contribution in [-0.4, -0.2) is 34.0 Å². The maximum absolute atomic E-state index is 12.8. The Hall–Kier alpha value is -3.73. The SMILES string of the molecule is O=C(NC(=S)Nc1ccc(Cl)c(-c2nc3cc(Cl)ccc3o2)c1)c1ccc(N2CCCCC2)c([N+](=O)[O-])c1. The number of nitro groups is 1. The van der Waals surface area contributed by atoms with E-state index in [0.29, 0.717) is 44.0 Å². The highest BCUT2D eigenvalue weighted by Crippen LogP contribution is 2.33. The van der Waals surface area contributed by atoms with Crippen LogP contribution < -0.4 is 15.5 Å². The van der Waals surface area contributed by atoms with Gasteiger partial charge in [-0.3, -0.25) is 20.2 Å². The Morgan fingerprint density at radius 2 is 1.84 bits per heavy atom. The number of carbonyl (C=O) groups is 1. The minimum Gasteiger partial charge on any atom is -0.436 e. The summed E-state index contributed by atoms with van der Waals surface area (Å²) in [6.07, 6.45) is 3.06. The fraction of sp³-hybridized carbons (Fsp3) is 0.192. The van der Waals surface area contributed by atoms with Gasteiger partial charge in [0.25, 0.3) is 11.6 Å². The van der Waals surface area contributed by atoms with E-state index in [4.69, 9.17) is 39.8 Å². The molecular weight excluding hydrogens is 549 g/mol. The number of amides is 1. The van der Waals surface area contributed by atoms with Gasteiger partial charge < -0.3 is 14.6 Å². The summed E-state index contributed by atoms with van der Waals surface area (Å²) in [6, 6.07) is 14.6. The van der Waals surface area contributed by atoms with Gasteiger partial charge in [-0.1, -0.05) is 23.2 Å². The number of hydrogen-bond donors (Lipinski definition) is 2. The molecule has 0 unspecified atom stereocenters. The standard InChI is InChI=1S/C26H21Cl2N5O4S/c27-16-5-9-23-20(13-16)30-25(37-23)18-14-17(6-7-19(18)28)29-26(38)31-24(34)15-4-8-21(22(12-15)33(35)36)32-10-2-1-3-11-32/h4-9,12-14H,1-3,10-11H2,(H2,29,31,34,38). The van der Waals surface area contributed by atoms with Crippen molar-refractivity contribution < 1.29 is 14.1 Å². The Morgan fingerprint density at radius 3 is 2.61 bits per heavy atom. The monoisotopic (exact) mass is 569 g/mol. The van der Waals surface area contributed by atoms with Crippen molar-refractivity contribution in [2.45, 2.75) is 19.3 Å². The maximum Gasteiger partial charge on any atom is 0.293 e. The molecule has 9 nitrogen and oxygen atoms in total. The fourth-order valence-electron chi connectivity index (χ4n) is 4.33. The van der Waals surface area contributed by atoms with Crippen LogP contribution in [0.4, 0.5) is 17.1 Å². The minimum absolute atomic E-state index is 0.00961. The second kappa shape index (κ2) is 10.9. The van der Waals surface area contributed by atoms with Crippen LogP contribution in [0.3, 0.4) is 0 Å². The molecule has 0 bridgehead atoms. The average Bonchev–Trinajstić information content (AvgIpc) is 3.32. The number of aromatic nitrogens is 1. The van der Waals surface area contributed by atoms with Crippen molar-refractivity contribution in [1.29, 1.82) is 0 Å². The van der Waals surface area contributed by atoms with Gasteiger partial charge in [-0.2, -0.15) is 0 Å². The Kier molecular flexibility index (Phi) is 7.46. The lowest BCUT2D eigenvalue weighted by Gasteiger charge is -2.28. The molecule has 38 heavy (non-hydrogen) atoms. The molecule has 1 fully saturated rings. The van der Waals surface area contributed by atoms with E-state index in [1.807, 2.05) is 4.90 Å². The molecule has 0 spiro atoms. The van der Waals surface area contributed by atoms with Crippen LogP contribution in [0.5, 0.6) is 0 Å². The lowest BCUT2D eigenvalue weighted by atomic mass is 10.1. The Bertz CT molecular complexity index is 1570. The average molecular weight is 570 g/mol. The van der Waals surface area contributed by atoms with Gasteiger partial charge in [0.05, 0.1) is 15.5 Å². The molecule has 4 aromatic rings. The summed E-state index contributed by atoms with van der Waals surface area (Å²) in [6.45, 7) is 1.50. The molecule has 1 saturated heterocycles. The molecule has 1 aliphatic heterocycles. The van der Waals surface area contributed by atoms with E-state index in [2.05, 4.69) is 15.6 Å². The smallest absolute Gasteiger partial charge is 0.293 e. The molecule has 2 heterocycles. The highest BCUT2D eigenvalue weighted by atomic mass is 35.5. The predicted molar refractivity (Wildman–Crippen MR) is 152 cm³/mol. The number of hydrogen-bond acceptors (Lipinski definition) is 7. The van der Waals surface area contributed by atoms with Crippen LogP contribution in [0.25, 0.3) is 22.6 Å². The molecule has 0 atom stereocenters. The summed E-state index contributed by atoms with van der Waals surface area (Å²) in [5.41, 5.74) is 2.72. The van der Waals surface area contributed by atoms with Crippen molar-refractivity contribution in [3.05, 3.63) is 80.3 Å². The number of oxazole rings is 1. The van der Waals surface area contributed by atoms with E-state index in [1.54, 1.807) is 48.5 Å². The molecule has 194 valence electrons. The van der Waals surface area contributed by atoms with Crippen molar-refractivity contribution in [3.8, 4) is 11.5 Å². The molecule has 12 heteroatoms. The van der Waals surface area contributed by atoms with Gasteiger partial charge in [0, 0.05) is 35.4 Å². The number of benzene rings is 3. The van der Waals surface area contributed by atoms with Crippen LogP contribution >= 0.6 is 35.4 Å². The van der Waals surface area contributed by atoms with Crippen molar-refractivity contribution >= 4 is 74.6 Å². The minimum atomic E-state index is -0.569. The van der Waals surface area contributed by atoms with Crippen LogP contribution in [0, 0.1) is 10.1 Å². The van der Waals surface area contributed by atoms with Gasteiger partial charge in [-0.25, -0.2) is 4.98 Å². The summed E-state index contributed by atoms with van der Waals surface area (Å²) in [5, 5.41) is 18.2. The van der Waals surface area contributed by atoms with Crippen LogP contribution in [-0.2, 0) is 0 Å². The zero-order valence-electron chi connectivity index (χ0n) is 19.9. The van der Waals surface area contributed by atoms with Crippen molar-refractivity contribution in [2.24, 2.45) is 0 Å². The first kappa shape index (κ1) is 25.9. The van der Waals surface area contributed by atoms with E-state index in [9.17, 15) is 14.9 Å². The van der Waals surface area contributed by atoms with Crippen LogP contribution in [0.15, 0.2) is 59.0 Å². The highest BCUT2D eigenvalue weighted by molar-refractivity contribution is 7.80. The molecule has 1 aliphatic rings. The van der Waals surface area contributed by atoms with E-state index in [-0.39, 0.29) is 16.4 Å². The fourth-order valence-corrected chi connectivity index (χ4v) is 4.91. The first-order chi connectivity index (χ1) is 18.3. The highest BCUT2D eigenvalue weighted by Gasteiger charge is 2.23. The lowest BCUT2D eigenvalue weighted by molar-refractivity contribution is -0.384. The number of rotatable bonds is 5. The third-order valence-corrected chi connectivity index (χ3v) is 6.93. The molecule has 1 aromatic heterocycles. The molecular formula is C26H21Cl2N5O4S. The van der Waals surface area contributed by atoms with Crippen molar-refractivity contribution in [3.63, 3.8) is 0 Å². The van der Waals surface area contributed by atoms with Crippen LogP contribution in [0.2, 0.25) is 10.0 Å². The molecule has 2 N–H and O–H groups in total. The van der Waals surface area contributed by atoms with E-state index in [1.165, 1.54) is 6.07 Å². The second-order valence-electron chi connectivity index (χ2n) is 8.74. The van der Waals surface area contributed by atoms with Crippen LogP contribution in [0.1, 0.15) is 29.6 Å². The summed E-state index contributed by atoms with van der Waals surface area (Å²) >= 11 is 17.7. The largest absolute Gasteiger partial charge is 0.436 e. The first-order valence-corrected chi connectivity index (χ1v) is 13.0. The number of halogens is 2. The maximum atomic E-state index is 12.8. The van der Waals surface area contributed by atoms with Crippen molar-refractivity contribution in [1.82, 2.24) is 10.3 Å². The van der Waals surface area contributed by atoms with Gasteiger partial charge >= 0.3 is 0 Å². The number of nitrogens with zero attached hydrogens (tertiary/aromatic N) is 3. The number of anilines is 2. The number of thiocarbonyl (C=S) groups is 1. The molecule has 0 aliphatic carbocycles. The summed E-state index contributed by atoms with van der Waals surface area (Å²) in [5.74, 6) is -0.271. The molecule has 0 saturated carbocycles. The first-order valence-electron chi connectivity index (χ1n) is 11.8. The Labute approximate surface area is 232 Å². The third-order valence-electron chi connectivity index (χ3n) is 6.16. The summed E-state index contributed by atoms with van der Waals surface area (Å²) < 4.78 is 5.81. The number of fused-ring (bicyclic) bond motifs is 1. The number of piperidine rings is 1. The Morgan fingerprint density at radius 1 is 1.05 bits per heavy atom. The van der Waals surface area contributed by atoms with E-state index in [0.717, 1.165) is 32.4 Å². The van der Waals surface area contributed by atoms with Gasteiger partial charge in [-0.15, -0.1) is 0 Å². The van der Waals surface area contributed by atoms with Gasteiger partial charge in [-0.05, 0) is 80.0 Å². The zero-order valence-corrected chi connectivity index (χ0v) is 22.2. The third kappa shape index (κ3) is 5.57. The topological polar surface area (TPSA) is 114 Å². The molecule has 0 radical (unpaired) electrons. The number of carbonyl (C=O) groups excluding carboxylic acids is 1. The second-order valence-corrected chi connectivity index (χ2v) is 9.99. The van der Waals surface area contributed by atoms with Gasteiger partial charge in [0.1, 0.15) is 11.2 Å². The zero-order chi connectivity index (χ0) is 26.8. The van der Waals surface area contributed by atoms with E-state index < -0.39 is 10.8 Å². The van der Waals surface area contributed by atoms with E-state index >= 15 is 0 Å². The van der Waals surface area contributed by atoms with Gasteiger partial charge in [0.15, 0.2) is 10.7 Å². The molecule has 1 amide bonds. The predicted octanol–water partition coefficient (Wildman–Crippen LogP) is 6.83. The van der Waals surface area contributed by atoms with Crippen molar-refractivity contribution in [2.75, 3.05) is 23.3 Å². The quantitative estimate of drug-likeness (QED) is 0.153. The molecule has 3 aromatic carbocycles. The summed E-state index contributed by atoms with van der Waals surface area (Å²) in [7, 11) is 0. The Balaban J connectivity index is 1.31.